The van der Waals surface area contributed by atoms with Crippen LogP contribution in [0.2, 0.25) is 0 Å². The molecule has 0 aliphatic heterocycles. The highest BCUT2D eigenvalue weighted by Crippen LogP contribution is 2.20. The van der Waals surface area contributed by atoms with Crippen LogP contribution in [0.1, 0.15) is 21.2 Å². The Bertz CT molecular complexity index is 1020. The minimum absolute atomic E-state index is 0.0310. The smallest absolute Gasteiger partial charge is 0.260 e. The molecule has 0 aliphatic carbocycles. The van der Waals surface area contributed by atoms with Crippen molar-refractivity contribution in [2.75, 3.05) is 5.32 Å². The number of hydrogen-bond donors (Lipinski definition) is 2. The van der Waals surface area contributed by atoms with Gasteiger partial charge in [0.15, 0.2) is 0 Å². The van der Waals surface area contributed by atoms with E-state index < -0.39 is 11.7 Å². The van der Waals surface area contributed by atoms with Crippen LogP contribution in [-0.4, -0.2) is 26.1 Å². The lowest BCUT2D eigenvalue weighted by Crippen LogP contribution is -2.13. The van der Waals surface area contributed by atoms with Crippen molar-refractivity contribution in [3.8, 4) is 0 Å². The number of nitrogens with zero attached hydrogens (tertiary/aromatic N) is 3. The molecule has 0 atom stereocenters. The molecule has 0 spiro atoms. The van der Waals surface area contributed by atoms with E-state index in [4.69, 9.17) is 0 Å². The van der Waals surface area contributed by atoms with Crippen LogP contribution in [0.4, 0.5) is 9.52 Å². The fourth-order valence-electron chi connectivity index (χ4n) is 2.42. The molecule has 25 heavy (non-hydrogen) atoms. The van der Waals surface area contributed by atoms with E-state index in [0.717, 1.165) is 16.9 Å². The number of H-pyrrole nitrogens is 1. The van der Waals surface area contributed by atoms with Gasteiger partial charge in [-0.05, 0) is 24.3 Å². The summed E-state index contributed by atoms with van der Waals surface area (Å²) in [6.07, 6.45) is 0.474. The molecule has 0 radical (unpaired) electrons. The van der Waals surface area contributed by atoms with E-state index in [1.54, 1.807) is 6.07 Å². The zero-order valence-corrected chi connectivity index (χ0v) is 13.7. The normalized spacial score (nSPS) is 10.9. The van der Waals surface area contributed by atoms with Crippen molar-refractivity contribution in [1.29, 1.82) is 0 Å². The van der Waals surface area contributed by atoms with Crippen molar-refractivity contribution in [3.05, 3.63) is 70.7 Å². The highest BCUT2D eigenvalue weighted by molar-refractivity contribution is 7.15. The van der Waals surface area contributed by atoms with Gasteiger partial charge >= 0.3 is 0 Å². The molecule has 2 N–H and O–H groups in total. The third-order valence-electron chi connectivity index (χ3n) is 3.56. The summed E-state index contributed by atoms with van der Waals surface area (Å²) in [6, 6.07) is 13.5. The number of aromatic nitrogens is 4. The molecule has 4 rings (SSSR count). The molecule has 4 aromatic rings. The molecule has 0 bridgehead atoms. The second-order valence-electron chi connectivity index (χ2n) is 5.31. The van der Waals surface area contributed by atoms with Crippen LogP contribution in [0.3, 0.4) is 0 Å². The highest BCUT2D eigenvalue weighted by Gasteiger charge is 2.14. The first-order chi connectivity index (χ1) is 12.2. The Morgan fingerprint density at radius 3 is 2.76 bits per heavy atom. The number of imidazole rings is 1. The van der Waals surface area contributed by atoms with Crippen molar-refractivity contribution in [3.63, 3.8) is 0 Å². The van der Waals surface area contributed by atoms with Crippen LogP contribution in [0.25, 0.3) is 11.0 Å². The van der Waals surface area contributed by atoms with Gasteiger partial charge in [0.25, 0.3) is 5.91 Å². The third-order valence-corrected chi connectivity index (χ3v) is 4.40. The Hall–Kier alpha value is -3.13. The maximum atomic E-state index is 13.6. The monoisotopic (exact) mass is 353 g/mol. The molecule has 0 unspecified atom stereocenters. The summed E-state index contributed by atoms with van der Waals surface area (Å²) < 4.78 is 13.6. The predicted octanol–water partition coefficient (Wildman–Crippen LogP) is 3.40. The van der Waals surface area contributed by atoms with E-state index in [-0.39, 0.29) is 5.56 Å². The lowest BCUT2D eigenvalue weighted by molar-refractivity contribution is 0.102. The molecular formula is C17H12FN5OS. The molecule has 2 aromatic carbocycles. The van der Waals surface area contributed by atoms with Gasteiger partial charge in [-0.25, -0.2) is 9.37 Å². The van der Waals surface area contributed by atoms with Gasteiger partial charge in [0, 0.05) is 0 Å². The third kappa shape index (κ3) is 3.24. The number of rotatable bonds is 4. The molecule has 0 fully saturated rings. The molecule has 8 heteroatoms. The van der Waals surface area contributed by atoms with E-state index >= 15 is 0 Å². The molecular weight excluding hydrogens is 341 g/mol. The summed E-state index contributed by atoms with van der Waals surface area (Å²) in [5.74, 6) is -0.360. The number of amides is 1. The number of carbonyl (C=O) groups is 1. The summed E-state index contributed by atoms with van der Waals surface area (Å²) >= 11 is 1.23. The number of nitrogens with one attached hydrogen (secondary N) is 2. The zero-order valence-electron chi connectivity index (χ0n) is 12.9. The second-order valence-corrected chi connectivity index (χ2v) is 6.37. The largest absolute Gasteiger partial charge is 0.342 e. The first-order valence-corrected chi connectivity index (χ1v) is 8.32. The molecule has 6 nitrogen and oxygen atoms in total. The highest BCUT2D eigenvalue weighted by atomic mass is 32.1. The van der Waals surface area contributed by atoms with Crippen LogP contribution in [-0.2, 0) is 6.42 Å². The van der Waals surface area contributed by atoms with Crippen LogP contribution < -0.4 is 5.32 Å². The molecule has 1 amide bonds. The average molecular weight is 353 g/mol. The standard InChI is InChI=1S/C17H12FN5OS/c18-11-6-2-1-5-10(11)16(24)21-17-23-22-15(25-17)9-14-19-12-7-3-4-8-13(12)20-14/h1-8H,9H2,(H,19,20)(H,21,23,24). The van der Waals surface area contributed by atoms with Crippen molar-refractivity contribution in [1.82, 2.24) is 20.2 Å². The number of para-hydroxylation sites is 2. The van der Waals surface area contributed by atoms with E-state index in [9.17, 15) is 9.18 Å². The lowest BCUT2D eigenvalue weighted by Gasteiger charge is -2.01. The zero-order chi connectivity index (χ0) is 17.2. The van der Waals surface area contributed by atoms with Gasteiger partial charge in [-0.1, -0.05) is 35.6 Å². The number of benzene rings is 2. The summed E-state index contributed by atoms with van der Waals surface area (Å²) in [7, 11) is 0. The van der Waals surface area contributed by atoms with Crippen molar-refractivity contribution < 1.29 is 9.18 Å². The first kappa shape index (κ1) is 15.4. The predicted molar refractivity (Wildman–Crippen MR) is 93.2 cm³/mol. The van der Waals surface area contributed by atoms with Gasteiger partial charge in [-0.2, -0.15) is 0 Å². The van der Waals surface area contributed by atoms with Gasteiger partial charge in [-0.3, -0.25) is 10.1 Å². The minimum Gasteiger partial charge on any atom is -0.342 e. The van der Waals surface area contributed by atoms with Crippen LogP contribution in [0.15, 0.2) is 48.5 Å². The number of anilines is 1. The van der Waals surface area contributed by atoms with E-state index in [1.165, 1.54) is 29.5 Å². The molecule has 124 valence electrons. The fourth-order valence-corrected chi connectivity index (χ4v) is 3.16. The second kappa shape index (κ2) is 6.40. The summed E-state index contributed by atoms with van der Waals surface area (Å²) in [4.78, 5) is 19.8. The molecule has 0 aliphatic rings. The Kier molecular flexibility index (Phi) is 3.95. The number of carbonyl (C=O) groups excluding carboxylic acids is 1. The molecule has 0 saturated carbocycles. The van der Waals surface area contributed by atoms with Crippen molar-refractivity contribution in [2.24, 2.45) is 0 Å². The Morgan fingerprint density at radius 2 is 1.92 bits per heavy atom. The van der Waals surface area contributed by atoms with Crippen LogP contribution >= 0.6 is 11.3 Å². The van der Waals surface area contributed by atoms with Gasteiger partial charge in [-0.15, -0.1) is 10.2 Å². The Balaban J connectivity index is 1.48. The number of fused-ring (bicyclic) bond motifs is 1. The van der Waals surface area contributed by atoms with Gasteiger partial charge in [0.05, 0.1) is 23.0 Å². The van der Waals surface area contributed by atoms with Gasteiger partial charge in [0.1, 0.15) is 16.6 Å². The minimum atomic E-state index is -0.577. The first-order valence-electron chi connectivity index (χ1n) is 7.51. The SMILES string of the molecule is O=C(Nc1nnc(Cc2nc3ccccc3[nH]2)s1)c1ccccc1F. The van der Waals surface area contributed by atoms with Crippen molar-refractivity contribution >= 4 is 33.4 Å². The topological polar surface area (TPSA) is 83.6 Å². The molecule has 0 saturated heterocycles. The average Bonchev–Trinajstić information content (AvgIpc) is 3.21. The fraction of sp³-hybridized carbons (Fsp3) is 0.0588. The molecule has 2 heterocycles. The summed E-state index contributed by atoms with van der Waals surface area (Å²) in [5, 5.41) is 11.6. The van der Waals surface area contributed by atoms with Crippen molar-refractivity contribution in [2.45, 2.75) is 6.42 Å². The summed E-state index contributed by atoms with van der Waals surface area (Å²) in [5.41, 5.74) is 1.81. The number of hydrogen-bond acceptors (Lipinski definition) is 5. The van der Waals surface area contributed by atoms with E-state index in [0.29, 0.717) is 16.6 Å². The Labute approximate surface area is 145 Å². The molecule has 2 aromatic heterocycles. The van der Waals surface area contributed by atoms with Crippen LogP contribution in [0.5, 0.6) is 0 Å². The maximum absolute atomic E-state index is 13.6. The number of aromatic amines is 1. The lowest BCUT2D eigenvalue weighted by atomic mass is 10.2. The number of halogens is 1. The quantitative estimate of drug-likeness (QED) is 0.589. The van der Waals surface area contributed by atoms with Gasteiger partial charge < -0.3 is 4.98 Å². The summed E-state index contributed by atoms with van der Waals surface area (Å²) in [6.45, 7) is 0. The Morgan fingerprint density at radius 1 is 1.12 bits per heavy atom. The van der Waals surface area contributed by atoms with Gasteiger partial charge in [0.2, 0.25) is 5.13 Å². The van der Waals surface area contributed by atoms with E-state index in [2.05, 4.69) is 25.5 Å². The maximum Gasteiger partial charge on any atom is 0.260 e. The van der Waals surface area contributed by atoms with E-state index in [1.807, 2.05) is 24.3 Å². The van der Waals surface area contributed by atoms with Crippen LogP contribution in [0, 0.1) is 5.82 Å².